The Balaban J connectivity index is 1.63. The predicted octanol–water partition coefficient (Wildman–Crippen LogP) is 4.33. The van der Waals surface area contributed by atoms with E-state index >= 15 is 0 Å². The normalized spacial score (nSPS) is 15.3. The Kier molecular flexibility index (Phi) is 6.20. The van der Waals surface area contributed by atoms with Crippen LogP contribution >= 0.6 is 0 Å². The van der Waals surface area contributed by atoms with Gasteiger partial charge in [0.2, 0.25) is 5.95 Å². The molecule has 2 aromatic carbocycles. The van der Waals surface area contributed by atoms with Gasteiger partial charge in [-0.3, -0.25) is 4.79 Å². The van der Waals surface area contributed by atoms with Crippen molar-refractivity contribution in [2.75, 3.05) is 17.2 Å². The Bertz CT molecular complexity index is 1130. The summed E-state index contributed by atoms with van der Waals surface area (Å²) in [6.07, 6.45) is 0.995. The van der Waals surface area contributed by atoms with Gasteiger partial charge in [0.1, 0.15) is 11.8 Å². The molecule has 0 aliphatic carbocycles. The summed E-state index contributed by atoms with van der Waals surface area (Å²) in [5.41, 5.74) is 3.92. The predicted molar refractivity (Wildman–Crippen MR) is 123 cm³/mol. The number of allylic oxidation sites excluding steroid dienone is 1. The van der Waals surface area contributed by atoms with Crippen molar-refractivity contribution in [2.45, 2.75) is 40.2 Å². The summed E-state index contributed by atoms with van der Waals surface area (Å²) in [5.74, 6) is 1.68. The second kappa shape index (κ2) is 9.21. The molecule has 1 aromatic heterocycles. The number of carbonyl (C=O) groups is 1. The number of nitrogens with zero attached hydrogens (tertiary/aromatic N) is 4. The lowest BCUT2D eigenvalue weighted by molar-refractivity contribution is -0.113. The third-order valence-corrected chi connectivity index (χ3v) is 5.51. The Morgan fingerprint density at radius 1 is 1.16 bits per heavy atom. The first-order valence-corrected chi connectivity index (χ1v) is 10.8. The van der Waals surface area contributed by atoms with E-state index in [0.29, 0.717) is 29.7 Å². The van der Waals surface area contributed by atoms with Gasteiger partial charge in [0.15, 0.2) is 0 Å². The van der Waals surface area contributed by atoms with Crippen LogP contribution in [0.2, 0.25) is 0 Å². The molecule has 1 aliphatic rings. The zero-order chi connectivity index (χ0) is 22.7. The molecule has 0 spiro atoms. The molecule has 0 saturated heterocycles. The molecular weight excluding hydrogens is 404 g/mol. The number of ether oxygens (including phenoxy) is 1. The molecule has 1 atom stereocenters. The number of nitrogens with one attached hydrogen (secondary N) is 2. The fourth-order valence-corrected chi connectivity index (χ4v) is 3.68. The third kappa shape index (κ3) is 4.49. The molecule has 32 heavy (non-hydrogen) atoms. The van der Waals surface area contributed by atoms with E-state index in [9.17, 15) is 4.79 Å². The summed E-state index contributed by atoms with van der Waals surface area (Å²) >= 11 is 0. The lowest BCUT2D eigenvalue weighted by atomic mass is 9.95. The first-order valence-electron chi connectivity index (χ1n) is 10.8. The van der Waals surface area contributed by atoms with Gasteiger partial charge in [-0.05, 0) is 65.9 Å². The minimum Gasteiger partial charge on any atom is -0.494 e. The number of aryl methyl sites for hydroxylation is 1. The number of hydrogen-bond donors (Lipinski definition) is 2. The van der Waals surface area contributed by atoms with E-state index in [-0.39, 0.29) is 5.91 Å². The standard InChI is InChI=1S/C24H28N6O2/c1-15(2)13-14-32-19-11-9-18(10-12-19)22-21(17(4)25-24-27-28-29-30(22)24)23(31)26-20-8-6-5-7-16(20)3/h5-12,15,22H,13-14H2,1-4H3,(H,26,31)(H,25,27,29). The zero-order valence-electron chi connectivity index (χ0n) is 18.8. The lowest BCUT2D eigenvalue weighted by Crippen LogP contribution is -2.31. The second-order valence-corrected chi connectivity index (χ2v) is 8.38. The Hall–Kier alpha value is -3.68. The van der Waals surface area contributed by atoms with E-state index in [1.165, 1.54) is 0 Å². The number of aromatic nitrogens is 4. The summed E-state index contributed by atoms with van der Waals surface area (Å²) < 4.78 is 7.48. The number of rotatable bonds is 7. The molecule has 0 bridgehead atoms. The number of fused-ring (bicyclic) bond motifs is 1. The Labute approximate surface area is 187 Å². The zero-order valence-corrected chi connectivity index (χ0v) is 18.8. The number of anilines is 2. The molecule has 3 aromatic rings. The first-order chi connectivity index (χ1) is 15.4. The molecule has 166 valence electrons. The van der Waals surface area contributed by atoms with Crippen LogP contribution in [0, 0.1) is 12.8 Å². The summed E-state index contributed by atoms with van der Waals surface area (Å²) in [6.45, 7) is 8.84. The van der Waals surface area contributed by atoms with Crippen LogP contribution in [0.1, 0.15) is 44.4 Å². The fourth-order valence-electron chi connectivity index (χ4n) is 3.68. The van der Waals surface area contributed by atoms with E-state index in [0.717, 1.165) is 29.0 Å². The van der Waals surface area contributed by atoms with Crippen LogP contribution in [0.25, 0.3) is 0 Å². The van der Waals surface area contributed by atoms with Crippen LogP contribution in [-0.2, 0) is 4.79 Å². The summed E-state index contributed by atoms with van der Waals surface area (Å²) in [7, 11) is 0. The van der Waals surface area contributed by atoms with Crippen LogP contribution in [0.15, 0.2) is 59.8 Å². The minimum atomic E-state index is -0.463. The molecule has 0 fully saturated rings. The lowest BCUT2D eigenvalue weighted by Gasteiger charge is -2.28. The van der Waals surface area contributed by atoms with Gasteiger partial charge in [-0.2, -0.15) is 4.68 Å². The average molecular weight is 433 g/mol. The molecule has 1 aliphatic heterocycles. The minimum absolute atomic E-state index is 0.201. The molecule has 8 heteroatoms. The van der Waals surface area contributed by atoms with Crippen LogP contribution < -0.4 is 15.4 Å². The van der Waals surface area contributed by atoms with Gasteiger partial charge in [-0.15, -0.1) is 0 Å². The molecule has 1 amide bonds. The number of amides is 1. The van der Waals surface area contributed by atoms with Gasteiger partial charge in [0, 0.05) is 11.4 Å². The Morgan fingerprint density at radius 2 is 1.91 bits per heavy atom. The van der Waals surface area contributed by atoms with E-state index in [1.807, 2.05) is 62.4 Å². The van der Waals surface area contributed by atoms with Crippen molar-refractivity contribution in [3.63, 3.8) is 0 Å². The maximum Gasteiger partial charge on any atom is 0.255 e. The van der Waals surface area contributed by atoms with Crippen molar-refractivity contribution in [1.82, 2.24) is 20.2 Å². The first kappa shape index (κ1) is 21.5. The summed E-state index contributed by atoms with van der Waals surface area (Å²) in [5, 5.41) is 18.2. The largest absolute Gasteiger partial charge is 0.494 e. The Morgan fingerprint density at radius 3 is 2.62 bits per heavy atom. The van der Waals surface area contributed by atoms with Crippen molar-refractivity contribution in [1.29, 1.82) is 0 Å². The van der Waals surface area contributed by atoms with Crippen molar-refractivity contribution in [2.24, 2.45) is 5.92 Å². The van der Waals surface area contributed by atoms with Crippen LogP contribution in [0.4, 0.5) is 11.6 Å². The van der Waals surface area contributed by atoms with Crippen molar-refractivity contribution in [3.8, 4) is 5.75 Å². The highest BCUT2D eigenvalue weighted by Gasteiger charge is 2.34. The third-order valence-electron chi connectivity index (χ3n) is 5.51. The van der Waals surface area contributed by atoms with E-state index in [2.05, 4.69) is 40.0 Å². The molecule has 1 unspecified atom stereocenters. The maximum absolute atomic E-state index is 13.4. The van der Waals surface area contributed by atoms with Gasteiger partial charge in [-0.25, -0.2) is 0 Å². The second-order valence-electron chi connectivity index (χ2n) is 8.38. The van der Waals surface area contributed by atoms with Crippen molar-refractivity contribution >= 4 is 17.5 Å². The molecule has 0 radical (unpaired) electrons. The summed E-state index contributed by atoms with van der Waals surface area (Å²) in [4.78, 5) is 13.4. The van der Waals surface area contributed by atoms with Crippen molar-refractivity contribution < 1.29 is 9.53 Å². The monoisotopic (exact) mass is 432 g/mol. The highest BCUT2D eigenvalue weighted by Crippen LogP contribution is 2.35. The maximum atomic E-state index is 13.4. The van der Waals surface area contributed by atoms with E-state index < -0.39 is 6.04 Å². The summed E-state index contributed by atoms with van der Waals surface area (Å²) in [6, 6.07) is 15.0. The van der Waals surface area contributed by atoms with Gasteiger partial charge < -0.3 is 15.4 Å². The quantitative estimate of drug-likeness (QED) is 0.577. The SMILES string of the molecule is CC1=C(C(=O)Nc2ccccc2C)C(c2ccc(OCCC(C)C)cc2)n2nnnc2N1. The number of benzene rings is 2. The van der Waals surface area contributed by atoms with Gasteiger partial charge >= 0.3 is 0 Å². The van der Waals surface area contributed by atoms with Gasteiger partial charge in [0.25, 0.3) is 5.91 Å². The highest BCUT2D eigenvalue weighted by molar-refractivity contribution is 6.06. The van der Waals surface area contributed by atoms with E-state index in [1.54, 1.807) is 4.68 Å². The smallest absolute Gasteiger partial charge is 0.255 e. The molecule has 4 rings (SSSR count). The molecule has 2 heterocycles. The van der Waals surface area contributed by atoms with E-state index in [4.69, 9.17) is 4.74 Å². The van der Waals surface area contributed by atoms with Crippen LogP contribution in [-0.4, -0.2) is 32.7 Å². The average Bonchev–Trinajstić information content (AvgIpc) is 3.22. The fraction of sp³-hybridized carbons (Fsp3) is 0.333. The molecular formula is C24H28N6O2. The topological polar surface area (TPSA) is 94.0 Å². The van der Waals surface area contributed by atoms with Crippen LogP contribution in [0.3, 0.4) is 0 Å². The van der Waals surface area contributed by atoms with Gasteiger partial charge in [0.05, 0.1) is 12.2 Å². The van der Waals surface area contributed by atoms with Gasteiger partial charge in [-0.1, -0.05) is 49.3 Å². The van der Waals surface area contributed by atoms with Crippen LogP contribution in [0.5, 0.6) is 5.75 Å². The number of tetrazole rings is 1. The number of para-hydroxylation sites is 1. The molecule has 0 saturated carbocycles. The molecule has 2 N–H and O–H groups in total. The molecule has 8 nitrogen and oxygen atoms in total. The van der Waals surface area contributed by atoms with Crippen molar-refractivity contribution in [3.05, 3.63) is 70.9 Å². The number of carbonyl (C=O) groups excluding carboxylic acids is 1. The highest BCUT2D eigenvalue weighted by atomic mass is 16.5. The number of hydrogen-bond acceptors (Lipinski definition) is 6.